The Kier molecular flexibility index (Phi) is 2.92. The third-order valence-corrected chi connectivity index (χ3v) is 2.72. The van der Waals surface area contributed by atoms with Crippen molar-refractivity contribution in [1.29, 1.82) is 0 Å². The van der Waals surface area contributed by atoms with Gasteiger partial charge in [0.15, 0.2) is 11.6 Å². The van der Waals surface area contributed by atoms with Crippen molar-refractivity contribution in [2.45, 2.75) is 24.8 Å². The molecule has 1 aromatic carbocycles. The SMILES string of the molecule is O=C(NC1CC(F)(F)C1)c1c(F)ccc(O)c1F. The first kappa shape index (κ1) is 12.7. The van der Waals surface area contributed by atoms with Gasteiger partial charge in [-0.05, 0) is 12.1 Å². The van der Waals surface area contributed by atoms with Crippen LogP contribution >= 0.6 is 0 Å². The molecule has 0 bridgehead atoms. The summed E-state index contributed by atoms with van der Waals surface area (Å²) in [7, 11) is 0. The first-order valence-corrected chi connectivity index (χ1v) is 5.16. The summed E-state index contributed by atoms with van der Waals surface area (Å²) in [4.78, 5) is 11.5. The van der Waals surface area contributed by atoms with Gasteiger partial charge in [0.05, 0.1) is 0 Å². The molecule has 0 saturated heterocycles. The van der Waals surface area contributed by atoms with Crippen LogP contribution in [0.2, 0.25) is 0 Å². The molecule has 1 saturated carbocycles. The zero-order valence-corrected chi connectivity index (χ0v) is 9.01. The van der Waals surface area contributed by atoms with Crippen LogP contribution in [0.25, 0.3) is 0 Å². The van der Waals surface area contributed by atoms with Crippen molar-refractivity contribution < 1.29 is 27.5 Å². The maximum absolute atomic E-state index is 13.3. The summed E-state index contributed by atoms with van der Waals surface area (Å²) in [6.07, 6.45) is -1.11. The average Bonchev–Trinajstić information content (AvgIpc) is 2.21. The van der Waals surface area contributed by atoms with Gasteiger partial charge in [-0.25, -0.2) is 17.6 Å². The highest BCUT2D eigenvalue weighted by atomic mass is 19.3. The Balaban J connectivity index is 2.13. The normalized spacial score (nSPS) is 18.2. The molecule has 1 aromatic rings. The molecule has 0 unspecified atom stereocenters. The predicted molar refractivity (Wildman–Crippen MR) is 53.5 cm³/mol. The van der Waals surface area contributed by atoms with Crippen LogP contribution in [-0.2, 0) is 0 Å². The van der Waals surface area contributed by atoms with Gasteiger partial charge in [-0.3, -0.25) is 4.79 Å². The van der Waals surface area contributed by atoms with E-state index in [0.717, 1.165) is 12.1 Å². The van der Waals surface area contributed by atoms with E-state index in [4.69, 9.17) is 5.11 Å². The van der Waals surface area contributed by atoms with E-state index in [9.17, 15) is 22.4 Å². The molecule has 1 fully saturated rings. The molecule has 18 heavy (non-hydrogen) atoms. The summed E-state index contributed by atoms with van der Waals surface area (Å²) in [6.45, 7) is 0. The summed E-state index contributed by atoms with van der Waals surface area (Å²) in [6, 6.07) is 0.676. The Bertz CT molecular complexity index is 496. The highest BCUT2D eigenvalue weighted by Crippen LogP contribution is 2.37. The maximum atomic E-state index is 13.3. The van der Waals surface area contributed by atoms with Crippen LogP contribution in [0.1, 0.15) is 23.2 Å². The van der Waals surface area contributed by atoms with Crippen LogP contribution in [0.4, 0.5) is 17.6 Å². The molecule has 2 rings (SSSR count). The molecule has 2 N–H and O–H groups in total. The minimum Gasteiger partial charge on any atom is -0.505 e. The van der Waals surface area contributed by atoms with Crippen LogP contribution in [0, 0.1) is 11.6 Å². The van der Waals surface area contributed by atoms with E-state index in [1.807, 2.05) is 0 Å². The smallest absolute Gasteiger partial charge is 0.257 e. The standard InChI is InChI=1S/C11H9F4NO2/c12-6-1-2-7(17)9(13)8(6)10(18)16-5-3-11(14,15)4-5/h1-2,5,17H,3-4H2,(H,16,18). The van der Waals surface area contributed by atoms with E-state index < -0.39 is 53.7 Å². The van der Waals surface area contributed by atoms with Gasteiger partial charge >= 0.3 is 0 Å². The molecule has 1 amide bonds. The zero-order valence-electron chi connectivity index (χ0n) is 9.01. The van der Waals surface area contributed by atoms with Gasteiger partial charge in [-0.15, -0.1) is 0 Å². The fourth-order valence-electron chi connectivity index (χ4n) is 1.77. The highest BCUT2D eigenvalue weighted by Gasteiger charge is 2.46. The van der Waals surface area contributed by atoms with Crippen LogP contribution < -0.4 is 5.32 Å². The Morgan fingerprint density at radius 1 is 1.33 bits per heavy atom. The van der Waals surface area contributed by atoms with E-state index in [2.05, 4.69) is 5.32 Å². The van der Waals surface area contributed by atoms with Crippen molar-refractivity contribution in [2.24, 2.45) is 0 Å². The summed E-state index contributed by atoms with van der Waals surface area (Å²) < 4.78 is 51.6. The van der Waals surface area contributed by atoms with Gasteiger partial charge in [0.1, 0.15) is 11.4 Å². The second-order valence-corrected chi connectivity index (χ2v) is 4.19. The van der Waals surface area contributed by atoms with Gasteiger partial charge in [0.25, 0.3) is 11.8 Å². The molecule has 0 aromatic heterocycles. The van der Waals surface area contributed by atoms with Gasteiger partial charge in [0.2, 0.25) is 0 Å². The fourth-order valence-corrected chi connectivity index (χ4v) is 1.77. The molecule has 0 radical (unpaired) electrons. The van der Waals surface area contributed by atoms with E-state index >= 15 is 0 Å². The summed E-state index contributed by atoms with van der Waals surface area (Å²) in [5.41, 5.74) is -0.967. The molecule has 7 heteroatoms. The third kappa shape index (κ3) is 2.25. The molecule has 0 spiro atoms. The van der Waals surface area contributed by atoms with E-state index in [1.165, 1.54) is 0 Å². The summed E-state index contributed by atoms with van der Waals surface area (Å²) in [5.74, 6) is -7.43. The van der Waals surface area contributed by atoms with Crippen LogP contribution in [0.3, 0.4) is 0 Å². The molecule has 0 atom stereocenters. The molecule has 0 aliphatic heterocycles. The number of phenolic OH excluding ortho intramolecular Hbond substituents is 1. The number of benzene rings is 1. The molecule has 98 valence electrons. The number of phenols is 1. The number of amides is 1. The minimum atomic E-state index is -2.84. The monoisotopic (exact) mass is 263 g/mol. The third-order valence-electron chi connectivity index (χ3n) is 2.72. The number of halogens is 4. The molecule has 1 aliphatic rings. The number of aromatic hydroxyl groups is 1. The van der Waals surface area contributed by atoms with Gasteiger partial charge in [0, 0.05) is 18.9 Å². The maximum Gasteiger partial charge on any atom is 0.257 e. The second-order valence-electron chi connectivity index (χ2n) is 4.19. The number of hydrogen-bond acceptors (Lipinski definition) is 2. The van der Waals surface area contributed by atoms with Crippen LogP contribution in [-0.4, -0.2) is 23.0 Å². The topological polar surface area (TPSA) is 49.3 Å². The van der Waals surface area contributed by atoms with Crippen molar-refractivity contribution in [3.63, 3.8) is 0 Å². The van der Waals surface area contributed by atoms with Crippen molar-refractivity contribution >= 4 is 5.91 Å². The summed E-state index contributed by atoms with van der Waals surface area (Å²) >= 11 is 0. The van der Waals surface area contributed by atoms with E-state index in [-0.39, 0.29) is 0 Å². The van der Waals surface area contributed by atoms with Crippen molar-refractivity contribution in [2.75, 3.05) is 0 Å². The van der Waals surface area contributed by atoms with E-state index in [0.29, 0.717) is 0 Å². The zero-order chi connectivity index (χ0) is 13.5. The Hall–Kier alpha value is -1.79. The predicted octanol–water partition coefficient (Wildman–Crippen LogP) is 2.20. The number of nitrogens with one attached hydrogen (secondary N) is 1. The minimum absolute atomic E-state index is 0.555. The Labute approximate surface area is 99.4 Å². The first-order valence-electron chi connectivity index (χ1n) is 5.16. The highest BCUT2D eigenvalue weighted by molar-refractivity contribution is 5.95. The Morgan fingerprint density at radius 2 is 1.94 bits per heavy atom. The largest absolute Gasteiger partial charge is 0.505 e. The molecular formula is C11H9F4NO2. The molecular weight excluding hydrogens is 254 g/mol. The van der Waals surface area contributed by atoms with E-state index in [1.54, 1.807) is 0 Å². The lowest BCUT2D eigenvalue weighted by Gasteiger charge is -2.35. The second kappa shape index (κ2) is 4.15. The first-order chi connectivity index (χ1) is 8.30. The molecule has 1 aliphatic carbocycles. The summed E-state index contributed by atoms with van der Waals surface area (Å²) in [5, 5.41) is 11.1. The van der Waals surface area contributed by atoms with Gasteiger partial charge in [-0.1, -0.05) is 0 Å². The molecule has 3 nitrogen and oxygen atoms in total. The fraction of sp³-hybridized carbons (Fsp3) is 0.364. The number of hydrogen-bond donors (Lipinski definition) is 2. The van der Waals surface area contributed by atoms with Gasteiger partial charge < -0.3 is 10.4 Å². The molecule has 0 heterocycles. The lowest BCUT2D eigenvalue weighted by Crippen LogP contribution is -2.50. The number of carbonyl (C=O) groups is 1. The van der Waals surface area contributed by atoms with Crippen molar-refractivity contribution in [3.05, 3.63) is 29.3 Å². The lowest BCUT2D eigenvalue weighted by atomic mass is 9.88. The number of rotatable bonds is 2. The quantitative estimate of drug-likeness (QED) is 0.804. The Morgan fingerprint density at radius 3 is 2.50 bits per heavy atom. The van der Waals surface area contributed by atoms with Crippen LogP contribution in [0.5, 0.6) is 5.75 Å². The van der Waals surface area contributed by atoms with Crippen molar-refractivity contribution in [3.8, 4) is 5.75 Å². The van der Waals surface area contributed by atoms with Crippen LogP contribution in [0.15, 0.2) is 12.1 Å². The lowest BCUT2D eigenvalue weighted by molar-refractivity contribution is -0.0901. The van der Waals surface area contributed by atoms with Gasteiger partial charge in [-0.2, -0.15) is 0 Å². The number of alkyl halides is 2. The van der Waals surface area contributed by atoms with Crippen molar-refractivity contribution in [1.82, 2.24) is 5.32 Å². The number of carbonyl (C=O) groups excluding carboxylic acids is 1. The average molecular weight is 263 g/mol.